The lowest BCUT2D eigenvalue weighted by Crippen LogP contribution is -2.40. The lowest BCUT2D eigenvalue weighted by molar-refractivity contribution is 0.436. The number of hydrogen-bond donors (Lipinski definition) is 0. The molecule has 0 spiro atoms. The van der Waals surface area contributed by atoms with Gasteiger partial charge in [0.15, 0.2) is 0 Å². The molecule has 23 heavy (non-hydrogen) atoms. The molecule has 0 saturated heterocycles. The molecule has 0 aliphatic heterocycles. The Hall–Kier alpha value is -1.37. The second kappa shape index (κ2) is 5.93. The average molecular weight is 381 g/mol. The van der Waals surface area contributed by atoms with E-state index >= 15 is 0 Å². The van der Waals surface area contributed by atoms with E-state index in [1.807, 2.05) is 0 Å². The molecule has 0 aliphatic carbocycles. The smallest absolute Gasteiger partial charge is 0.445 e. The first-order valence-electron chi connectivity index (χ1n) is 5.93. The van der Waals surface area contributed by atoms with Crippen LogP contribution in [0.4, 0.5) is 20.7 Å². The fourth-order valence-corrected chi connectivity index (χ4v) is 3.60. The number of benzene rings is 1. The van der Waals surface area contributed by atoms with Gasteiger partial charge in [0.25, 0.3) is 0 Å². The molecule has 0 aromatic heterocycles. The van der Waals surface area contributed by atoms with Crippen LogP contribution in [0, 0.1) is 20.8 Å². The molecule has 1 aromatic rings. The van der Waals surface area contributed by atoms with Crippen LogP contribution >= 0.6 is 0 Å². The van der Waals surface area contributed by atoms with E-state index in [0.29, 0.717) is 0 Å². The lowest BCUT2D eigenvalue weighted by Gasteiger charge is -2.26. The van der Waals surface area contributed by atoms with Crippen molar-refractivity contribution in [1.29, 1.82) is 0 Å². The van der Waals surface area contributed by atoms with Crippen LogP contribution in [-0.4, -0.2) is 23.8 Å². The Balaban J connectivity index is 3.88. The van der Waals surface area contributed by atoms with Crippen LogP contribution in [-0.2, 0) is 26.5 Å². The highest BCUT2D eigenvalue weighted by molar-refractivity contribution is 7.85. The van der Waals surface area contributed by atoms with Gasteiger partial charge < -0.3 is 17.1 Å². The van der Waals surface area contributed by atoms with Crippen LogP contribution in [0.5, 0.6) is 5.75 Å². The van der Waals surface area contributed by atoms with Gasteiger partial charge in [-0.05, 0) is 37.5 Å². The van der Waals surface area contributed by atoms with Crippen molar-refractivity contribution in [3.63, 3.8) is 0 Å². The summed E-state index contributed by atoms with van der Waals surface area (Å²) in [4.78, 5) is 0. The summed E-state index contributed by atoms with van der Waals surface area (Å²) in [6.45, 7) is -2.95. The lowest BCUT2D eigenvalue weighted by atomic mass is 9.72. The van der Waals surface area contributed by atoms with Crippen molar-refractivity contribution in [2.45, 2.75) is 26.5 Å². The molecule has 0 N–H and O–H groups in total. The molecule has 0 heterocycles. The number of rotatable bonds is 5. The van der Waals surface area contributed by atoms with Crippen molar-refractivity contribution in [3.05, 3.63) is 22.3 Å². The SMILES string of the molecule is Cc1c(CS(=O)(=O)F)c(C)c([B-](F)(F)F)c(C)c1OS(=O)(=O)F. The fourth-order valence-electron chi connectivity index (χ4n) is 2.37. The molecule has 0 bridgehead atoms. The highest BCUT2D eigenvalue weighted by Gasteiger charge is 2.34. The first-order chi connectivity index (χ1) is 10.0. The minimum absolute atomic E-state index is 0.411. The maximum absolute atomic E-state index is 13.2. The first-order valence-corrected chi connectivity index (χ1v) is 8.79. The van der Waals surface area contributed by atoms with E-state index in [1.54, 1.807) is 0 Å². The zero-order chi connectivity index (χ0) is 18.4. The third-order valence-electron chi connectivity index (χ3n) is 3.22. The maximum Gasteiger partial charge on any atom is 0.510 e. The average Bonchev–Trinajstić information content (AvgIpc) is 2.26. The molecule has 0 radical (unpaired) electrons. The third-order valence-corrected chi connectivity index (χ3v) is 4.22. The Kier molecular flexibility index (Phi) is 5.07. The number of hydrogen-bond acceptors (Lipinski definition) is 5. The Bertz CT molecular complexity index is 784. The minimum atomic E-state index is -5.72. The summed E-state index contributed by atoms with van der Waals surface area (Å²) in [5.41, 5.74) is -3.71. The van der Waals surface area contributed by atoms with Gasteiger partial charge in [-0.25, -0.2) is 0 Å². The molecule has 0 fully saturated rings. The van der Waals surface area contributed by atoms with Crippen molar-refractivity contribution in [2.75, 3.05) is 0 Å². The molecule has 0 saturated carbocycles. The van der Waals surface area contributed by atoms with Crippen molar-refractivity contribution in [2.24, 2.45) is 0 Å². The van der Waals surface area contributed by atoms with Gasteiger partial charge in [-0.15, -0.1) is 3.89 Å². The minimum Gasteiger partial charge on any atom is -0.445 e. The van der Waals surface area contributed by atoms with E-state index in [4.69, 9.17) is 0 Å². The summed E-state index contributed by atoms with van der Waals surface area (Å²) in [5.74, 6) is -2.43. The summed E-state index contributed by atoms with van der Waals surface area (Å²) in [6.07, 6.45) is 0. The van der Waals surface area contributed by atoms with E-state index in [2.05, 4.69) is 4.18 Å². The zero-order valence-electron chi connectivity index (χ0n) is 12.0. The highest BCUT2D eigenvalue weighted by Crippen LogP contribution is 2.33. The van der Waals surface area contributed by atoms with E-state index in [9.17, 15) is 37.6 Å². The molecule has 0 unspecified atom stereocenters. The molecule has 5 nitrogen and oxygen atoms in total. The van der Waals surface area contributed by atoms with Gasteiger partial charge >= 0.3 is 27.7 Å². The predicted molar refractivity (Wildman–Crippen MR) is 73.8 cm³/mol. The highest BCUT2D eigenvalue weighted by atomic mass is 32.3. The summed E-state index contributed by atoms with van der Waals surface area (Å²) in [6, 6.07) is 0. The molecule has 0 aliphatic rings. The normalized spacial score (nSPS) is 13.2. The molecule has 13 heteroatoms. The maximum atomic E-state index is 13.2. The van der Waals surface area contributed by atoms with Gasteiger partial charge in [-0.3, -0.25) is 0 Å². The van der Waals surface area contributed by atoms with Crippen molar-refractivity contribution in [1.82, 2.24) is 0 Å². The molecule has 0 atom stereocenters. The molecule has 1 rings (SSSR count). The van der Waals surface area contributed by atoms with Crippen molar-refractivity contribution >= 4 is 33.2 Å². The first kappa shape index (κ1) is 19.7. The second-order valence-corrected chi connectivity index (χ2v) is 7.15. The molecule has 1 aromatic carbocycles. The summed E-state index contributed by atoms with van der Waals surface area (Å²) in [5, 5.41) is 0. The van der Waals surface area contributed by atoms with E-state index in [0.717, 1.165) is 20.8 Å². The Morgan fingerprint density at radius 2 is 1.39 bits per heavy atom. The summed E-state index contributed by atoms with van der Waals surface area (Å²) in [7, 11) is -10.9. The molecular formula is C10H11BF5O5S2-. The molecular weight excluding hydrogens is 370 g/mol. The zero-order valence-corrected chi connectivity index (χ0v) is 13.7. The predicted octanol–water partition coefficient (Wildman–Crippen LogP) is 2.06. The van der Waals surface area contributed by atoms with Gasteiger partial charge in [-0.2, -0.15) is 16.8 Å². The van der Waals surface area contributed by atoms with E-state index < -0.39 is 66.9 Å². The Morgan fingerprint density at radius 1 is 0.913 bits per heavy atom. The van der Waals surface area contributed by atoms with Gasteiger partial charge in [0.1, 0.15) is 11.5 Å². The van der Waals surface area contributed by atoms with Crippen LogP contribution in [0.15, 0.2) is 0 Å². The topological polar surface area (TPSA) is 77.5 Å². The summed E-state index contributed by atoms with van der Waals surface area (Å²) < 4.78 is 112. The van der Waals surface area contributed by atoms with Crippen LogP contribution in [0.3, 0.4) is 0 Å². The second-order valence-electron chi connectivity index (χ2n) is 4.83. The van der Waals surface area contributed by atoms with Crippen LogP contribution in [0.25, 0.3) is 0 Å². The number of halogens is 5. The molecule has 132 valence electrons. The third kappa shape index (κ3) is 4.80. The largest absolute Gasteiger partial charge is 0.510 e. The van der Waals surface area contributed by atoms with Gasteiger partial charge in [0.2, 0.25) is 0 Å². The standard InChI is InChI=1S/C10H11BF5O5S2/c1-5-8(4-22(15,17)18)6(2)10(21-23(16,19)20)7(3)9(5)11(12,13)14/h4H2,1-3H3/q-1. The van der Waals surface area contributed by atoms with E-state index in [1.165, 1.54) is 0 Å². The Morgan fingerprint density at radius 3 is 1.74 bits per heavy atom. The van der Waals surface area contributed by atoms with Gasteiger partial charge in [-0.1, -0.05) is 14.9 Å². The van der Waals surface area contributed by atoms with Crippen LogP contribution in [0.2, 0.25) is 0 Å². The van der Waals surface area contributed by atoms with Crippen LogP contribution in [0.1, 0.15) is 22.3 Å². The summed E-state index contributed by atoms with van der Waals surface area (Å²) >= 11 is 0. The van der Waals surface area contributed by atoms with E-state index in [-0.39, 0.29) is 0 Å². The quantitative estimate of drug-likeness (QED) is 0.443. The van der Waals surface area contributed by atoms with Gasteiger partial charge in [0.05, 0.1) is 0 Å². The van der Waals surface area contributed by atoms with Gasteiger partial charge in [0, 0.05) is 0 Å². The van der Waals surface area contributed by atoms with Crippen molar-refractivity contribution in [3.8, 4) is 5.75 Å². The van der Waals surface area contributed by atoms with Crippen LogP contribution < -0.4 is 9.65 Å². The monoisotopic (exact) mass is 381 g/mol. The Labute approximate surface area is 130 Å². The fraction of sp³-hybridized carbons (Fsp3) is 0.400. The van der Waals surface area contributed by atoms with Crippen molar-refractivity contribution < 1.29 is 41.7 Å². The molecule has 0 amide bonds.